The van der Waals surface area contributed by atoms with E-state index in [4.69, 9.17) is 10.1 Å². The summed E-state index contributed by atoms with van der Waals surface area (Å²) in [5, 5.41) is 17.8. The lowest BCUT2D eigenvalue weighted by molar-refractivity contribution is 0.589. The van der Waals surface area contributed by atoms with E-state index in [0.29, 0.717) is 18.5 Å². The Bertz CT molecular complexity index is 1600. The van der Waals surface area contributed by atoms with Crippen LogP contribution in [0, 0.1) is 11.3 Å². The number of pyridine rings is 1. The number of hydrogen-bond donors (Lipinski definition) is 1. The zero-order valence-electron chi connectivity index (χ0n) is 21.5. The molecular formula is C31H28N8. The highest BCUT2D eigenvalue weighted by Crippen LogP contribution is 2.30. The maximum Gasteiger partial charge on any atom is 0.133 e. The van der Waals surface area contributed by atoms with Crippen molar-refractivity contribution >= 4 is 5.69 Å². The molecule has 0 unspecified atom stereocenters. The number of rotatable bonds is 7. The van der Waals surface area contributed by atoms with Crippen molar-refractivity contribution in [3.8, 4) is 28.6 Å². The SMILES string of the molecule is N#Cc1ccccc1Cn1cc(-c2ccnc(Cc3ccc(N4CCNCC4)cc3)n2)c(-c2cccnc2)n1. The van der Waals surface area contributed by atoms with Gasteiger partial charge in [-0.25, -0.2) is 9.97 Å². The molecule has 3 aromatic heterocycles. The summed E-state index contributed by atoms with van der Waals surface area (Å²) in [4.78, 5) is 16.2. The van der Waals surface area contributed by atoms with E-state index in [1.54, 1.807) is 12.4 Å². The Balaban J connectivity index is 1.29. The van der Waals surface area contributed by atoms with Gasteiger partial charge in [0.2, 0.25) is 0 Å². The van der Waals surface area contributed by atoms with Crippen LogP contribution in [0.3, 0.4) is 0 Å². The van der Waals surface area contributed by atoms with E-state index in [1.165, 1.54) is 11.3 Å². The topological polar surface area (TPSA) is 95.6 Å². The molecule has 0 radical (unpaired) electrons. The maximum atomic E-state index is 9.54. The molecule has 5 aromatic rings. The van der Waals surface area contributed by atoms with Gasteiger partial charge in [0, 0.05) is 74.2 Å². The highest BCUT2D eigenvalue weighted by atomic mass is 15.3. The molecule has 0 spiro atoms. The summed E-state index contributed by atoms with van der Waals surface area (Å²) < 4.78 is 1.87. The molecule has 1 aliphatic rings. The number of nitrogens with one attached hydrogen (secondary N) is 1. The Hall–Kier alpha value is -4.87. The first-order chi connectivity index (χ1) is 19.3. The molecule has 8 nitrogen and oxygen atoms in total. The highest BCUT2D eigenvalue weighted by Gasteiger charge is 2.17. The normalized spacial score (nSPS) is 13.3. The van der Waals surface area contributed by atoms with Gasteiger partial charge in [-0.2, -0.15) is 10.4 Å². The van der Waals surface area contributed by atoms with Gasteiger partial charge in [0.1, 0.15) is 11.5 Å². The molecule has 0 bridgehead atoms. The first kappa shape index (κ1) is 24.5. The third kappa shape index (κ3) is 5.54. The predicted molar refractivity (Wildman–Crippen MR) is 151 cm³/mol. The summed E-state index contributed by atoms with van der Waals surface area (Å²) in [6.07, 6.45) is 8.00. The van der Waals surface area contributed by atoms with Crippen LogP contribution in [0.5, 0.6) is 0 Å². The second-order valence-corrected chi connectivity index (χ2v) is 9.54. The minimum absolute atomic E-state index is 0.481. The maximum absolute atomic E-state index is 9.54. The first-order valence-corrected chi connectivity index (χ1v) is 13.1. The predicted octanol–water partition coefficient (Wildman–Crippen LogP) is 4.32. The second-order valence-electron chi connectivity index (χ2n) is 9.54. The lowest BCUT2D eigenvalue weighted by Crippen LogP contribution is -2.43. The van der Waals surface area contributed by atoms with E-state index in [1.807, 2.05) is 59.5 Å². The molecule has 2 aromatic carbocycles. The molecule has 0 aliphatic carbocycles. The molecule has 6 rings (SSSR count). The van der Waals surface area contributed by atoms with Gasteiger partial charge in [0.25, 0.3) is 0 Å². The molecule has 1 saturated heterocycles. The molecule has 8 heteroatoms. The molecule has 0 atom stereocenters. The van der Waals surface area contributed by atoms with Gasteiger partial charge in [-0.1, -0.05) is 30.3 Å². The number of nitriles is 1. The fraction of sp³-hybridized carbons (Fsp3) is 0.194. The van der Waals surface area contributed by atoms with Crippen LogP contribution in [-0.4, -0.2) is 50.9 Å². The van der Waals surface area contributed by atoms with Gasteiger partial charge < -0.3 is 10.2 Å². The van der Waals surface area contributed by atoms with Crippen LogP contribution in [0.4, 0.5) is 5.69 Å². The molecule has 0 saturated carbocycles. The zero-order valence-corrected chi connectivity index (χ0v) is 21.5. The summed E-state index contributed by atoms with van der Waals surface area (Å²) >= 11 is 0. The number of benzene rings is 2. The Kier molecular flexibility index (Phi) is 7.06. The summed E-state index contributed by atoms with van der Waals surface area (Å²) in [6.45, 7) is 4.57. The van der Waals surface area contributed by atoms with Gasteiger partial charge in [-0.3, -0.25) is 9.67 Å². The lowest BCUT2D eigenvalue weighted by Gasteiger charge is -2.29. The van der Waals surface area contributed by atoms with Crippen molar-refractivity contribution in [1.29, 1.82) is 5.26 Å². The van der Waals surface area contributed by atoms with Gasteiger partial charge in [-0.05, 0) is 47.5 Å². The van der Waals surface area contributed by atoms with Crippen molar-refractivity contribution in [2.24, 2.45) is 0 Å². The smallest absolute Gasteiger partial charge is 0.133 e. The molecule has 192 valence electrons. The fourth-order valence-electron chi connectivity index (χ4n) is 4.91. The van der Waals surface area contributed by atoms with Crippen molar-refractivity contribution in [1.82, 2.24) is 30.0 Å². The number of hydrogen-bond acceptors (Lipinski definition) is 7. The molecule has 0 amide bonds. The van der Waals surface area contributed by atoms with Crippen molar-refractivity contribution in [3.05, 3.63) is 114 Å². The molecule has 1 aliphatic heterocycles. The quantitative estimate of drug-likeness (QED) is 0.347. The standard InChI is InChI=1S/C31H28N8/c32-19-24-4-1-2-5-26(24)21-39-22-28(31(37-39)25-6-3-12-34-20-25)29-11-13-35-30(36-29)18-23-7-9-27(10-8-23)38-16-14-33-15-17-38/h1-13,20,22,33H,14-18,21H2. The van der Waals surface area contributed by atoms with Crippen molar-refractivity contribution in [2.75, 3.05) is 31.1 Å². The fourth-order valence-corrected chi connectivity index (χ4v) is 4.91. The third-order valence-corrected chi connectivity index (χ3v) is 6.93. The molecular weight excluding hydrogens is 484 g/mol. The van der Waals surface area contributed by atoms with E-state index >= 15 is 0 Å². The summed E-state index contributed by atoms with van der Waals surface area (Å²) in [5.41, 5.74) is 7.38. The van der Waals surface area contributed by atoms with E-state index in [-0.39, 0.29) is 0 Å². The minimum atomic E-state index is 0.481. The van der Waals surface area contributed by atoms with Gasteiger partial charge >= 0.3 is 0 Å². The summed E-state index contributed by atoms with van der Waals surface area (Å²) in [7, 11) is 0. The monoisotopic (exact) mass is 512 g/mol. The van der Waals surface area contributed by atoms with E-state index in [2.05, 4.69) is 50.5 Å². The molecule has 1 fully saturated rings. The summed E-state index contributed by atoms with van der Waals surface area (Å²) in [5.74, 6) is 0.752. The van der Waals surface area contributed by atoms with E-state index < -0.39 is 0 Å². The molecule has 39 heavy (non-hydrogen) atoms. The Morgan fingerprint density at radius 2 is 1.77 bits per heavy atom. The summed E-state index contributed by atoms with van der Waals surface area (Å²) in [6, 6.07) is 24.4. The molecule has 4 heterocycles. The largest absolute Gasteiger partial charge is 0.369 e. The van der Waals surface area contributed by atoms with E-state index in [0.717, 1.165) is 60.1 Å². The Morgan fingerprint density at radius 1 is 0.923 bits per heavy atom. The van der Waals surface area contributed by atoms with Crippen molar-refractivity contribution in [3.63, 3.8) is 0 Å². The van der Waals surface area contributed by atoms with Crippen molar-refractivity contribution < 1.29 is 0 Å². The number of nitrogens with zero attached hydrogens (tertiary/aromatic N) is 7. The highest BCUT2D eigenvalue weighted by molar-refractivity contribution is 5.78. The second kappa shape index (κ2) is 11.3. The molecule has 1 N–H and O–H groups in total. The van der Waals surface area contributed by atoms with Crippen LogP contribution >= 0.6 is 0 Å². The van der Waals surface area contributed by atoms with Crippen LogP contribution in [0.15, 0.2) is 91.5 Å². The van der Waals surface area contributed by atoms with Crippen LogP contribution in [0.25, 0.3) is 22.5 Å². The Morgan fingerprint density at radius 3 is 2.56 bits per heavy atom. The first-order valence-electron chi connectivity index (χ1n) is 13.1. The third-order valence-electron chi connectivity index (χ3n) is 6.93. The van der Waals surface area contributed by atoms with Crippen LogP contribution in [0.2, 0.25) is 0 Å². The van der Waals surface area contributed by atoms with Gasteiger partial charge in [0.15, 0.2) is 0 Å². The lowest BCUT2D eigenvalue weighted by atomic mass is 10.1. The average Bonchev–Trinajstić information content (AvgIpc) is 3.43. The zero-order chi connectivity index (χ0) is 26.4. The van der Waals surface area contributed by atoms with Gasteiger partial charge in [0.05, 0.1) is 23.9 Å². The average molecular weight is 513 g/mol. The van der Waals surface area contributed by atoms with Crippen molar-refractivity contribution in [2.45, 2.75) is 13.0 Å². The number of piperazine rings is 1. The van der Waals surface area contributed by atoms with E-state index in [9.17, 15) is 5.26 Å². The van der Waals surface area contributed by atoms with Crippen LogP contribution < -0.4 is 10.2 Å². The van der Waals surface area contributed by atoms with Crippen LogP contribution in [-0.2, 0) is 13.0 Å². The van der Waals surface area contributed by atoms with Crippen LogP contribution in [0.1, 0.15) is 22.5 Å². The number of anilines is 1. The minimum Gasteiger partial charge on any atom is -0.369 e. The number of aromatic nitrogens is 5. The van der Waals surface area contributed by atoms with Gasteiger partial charge in [-0.15, -0.1) is 0 Å². The Labute approximate surface area is 227 Å².